The first kappa shape index (κ1) is 18.5. The molecular weight excluding hydrogens is 380 g/mol. The topological polar surface area (TPSA) is 84.9 Å². The summed E-state index contributed by atoms with van der Waals surface area (Å²) in [6.45, 7) is 0.183. The summed E-state index contributed by atoms with van der Waals surface area (Å²) in [6.07, 6.45) is -1.14. The summed E-state index contributed by atoms with van der Waals surface area (Å²) in [4.78, 5) is 13.5. The maximum atomic E-state index is 12.3. The first-order valence-electron chi connectivity index (χ1n) is 7.77. The van der Waals surface area contributed by atoms with E-state index in [0.717, 1.165) is 0 Å². The van der Waals surface area contributed by atoms with E-state index in [9.17, 15) is 13.2 Å². The van der Waals surface area contributed by atoms with E-state index >= 15 is 0 Å². The number of hydrogen-bond acceptors (Lipinski definition) is 5. The molecule has 0 bridgehead atoms. The van der Waals surface area contributed by atoms with E-state index in [2.05, 4.69) is 4.72 Å². The molecule has 26 heavy (non-hydrogen) atoms. The Balaban J connectivity index is 1.65. The van der Waals surface area contributed by atoms with E-state index in [-0.39, 0.29) is 23.0 Å². The molecule has 0 aliphatic carbocycles. The summed E-state index contributed by atoms with van der Waals surface area (Å²) < 4.78 is 37.5. The third-order valence-corrected chi connectivity index (χ3v) is 5.81. The Bertz CT molecular complexity index is 902. The average molecular weight is 397 g/mol. The summed E-state index contributed by atoms with van der Waals surface area (Å²) in [5, 5.41) is 0.128. The van der Waals surface area contributed by atoms with Gasteiger partial charge >= 0.3 is 6.09 Å². The Morgan fingerprint density at radius 3 is 2.58 bits per heavy atom. The smallest absolute Gasteiger partial charge is 0.414 e. The Kier molecular flexibility index (Phi) is 5.36. The number of halogens is 1. The molecule has 3 rings (SSSR count). The Morgan fingerprint density at radius 2 is 1.92 bits per heavy atom. The van der Waals surface area contributed by atoms with Gasteiger partial charge in [-0.25, -0.2) is 17.9 Å². The van der Waals surface area contributed by atoms with Crippen molar-refractivity contribution in [1.29, 1.82) is 0 Å². The first-order chi connectivity index (χ1) is 12.4. The van der Waals surface area contributed by atoms with Gasteiger partial charge in [-0.1, -0.05) is 23.7 Å². The normalized spacial score (nSPS) is 17.2. The van der Waals surface area contributed by atoms with Gasteiger partial charge in [0, 0.05) is 12.2 Å². The molecule has 0 aromatic heterocycles. The molecule has 7 nitrogen and oxygen atoms in total. The van der Waals surface area contributed by atoms with Crippen molar-refractivity contribution in [2.45, 2.75) is 11.0 Å². The lowest BCUT2D eigenvalue weighted by molar-refractivity contribution is 0.143. The van der Waals surface area contributed by atoms with Gasteiger partial charge < -0.3 is 9.47 Å². The Labute approximate surface area is 156 Å². The van der Waals surface area contributed by atoms with Crippen LogP contribution >= 0.6 is 11.6 Å². The van der Waals surface area contributed by atoms with Crippen molar-refractivity contribution in [3.63, 3.8) is 0 Å². The Morgan fingerprint density at radius 1 is 1.23 bits per heavy atom. The van der Waals surface area contributed by atoms with Crippen molar-refractivity contribution >= 4 is 33.4 Å². The van der Waals surface area contributed by atoms with Crippen molar-refractivity contribution in [2.24, 2.45) is 0 Å². The largest absolute Gasteiger partial charge is 0.497 e. The third-order valence-electron chi connectivity index (χ3n) is 3.89. The fourth-order valence-corrected chi connectivity index (χ4v) is 4.13. The zero-order valence-corrected chi connectivity index (χ0v) is 15.5. The van der Waals surface area contributed by atoms with E-state index in [4.69, 9.17) is 21.1 Å². The molecule has 0 radical (unpaired) electrons. The monoisotopic (exact) mass is 396 g/mol. The van der Waals surface area contributed by atoms with Crippen molar-refractivity contribution in [2.75, 3.05) is 25.1 Å². The fraction of sp³-hybridized carbons (Fsp3) is 0.235. The van der Waals surface area contributed by atoms with Crippen LogP contribution in [0.1, 0.15) is 0 Å². The fourth-order valence-electron chi connectivity index (χ4n) is 2.54. The highest BCUT2D eigenvalue weighted by atomic mass is 35.5. The minimum atomic E-state index is -3.80. The molecule has 0 unspecified atom stereocenters. The number of nitrogens with one attached hydrogen (secondary N) is 1. The summed E-state index contributed by atoms with van der Waals surface area (Å²) in [5.41, 5.74) is 0.646. The number of amides is 1. The molecule has 1 atom stereocenters. The lowest BCUT2D eigenvalue weighted by Gasteiger charge is -2.14. The average Bonchev–Trinajstić information content (AvgIpc) is 3.01. The number of methoxy groups -OCH3 is 1. The Hall–Kier alpha value is -2.29. The summed E-state index contributed by atoms with van der Waals surface area (Å²) in [5.74, 6) is 0.672. The van der Waals surface area contributed by atoms with Crippen LogP contribution in [0.3, 0.4) is 0 Å². The van der Waals surface area contributed by atoms with Gasteiger partial charge in [0.25, 0.3) is 0 Å². The molecule has 138 valence electrons. The van der Waals surface area contributed by atoms with Crippen LogP contribution in [0.4, 0.5) is 10.5 Å². The zero-order valence-electron chi connectivity index (χ0n) is 13.9. The quantitative estimate of drug-likeness (QED) is 0.811. The highest BCUT2D eigenvalue weighted by Gasteiger charge is 2.33. The molecule has 1 saturated heterocycles. The molecule has 9 heteroatoms. The molecule has 2 aromatic carbocycles. The first-order valence-corrected chi connectivity index (χ1v) is 9.63. The highest BCUT2D eigenvalue weighted by molar-refractivity contribution is 7.89. The van der Waals surface area contributed by atoms with Crippen LogP contribution in [0.15, 0.2) is 53.4 Å². The summed E-state index contributed by atoms with van der Waals surface area (Å²) in [7, 11) is -2.24. The van der Waals surface area contributed by atoms with E-state index in [1.54, 1.807) is 43.5 Å². The number of sulfonamides is 1. The molecule has 0 saturated carbocycles. The number of carbonyl (C=O) groups excluding carboxylic acids is 1. The molecule has 1 aliphatic rings. The standard InChI is InChI=1S/C17H17ClN2O5S/c1-24-13-8-6-12(7-9-13)20-11-14(25-17(20)21)10-19-26(22,23)16-5-3-2-4-15(16)18/h2-9,14,19H,10-11H2,1H3/t14-/m0/s1. The minimum absolute atomic E-state index is 0.0157. The van der Waals surface area contributed by atoms with Crippen LogP contribution in [-0.4, -0.2) is 40.8 Å². The molecule has 1 fully saturated rings. The van der Waals surface area contributed by atoms with Crippen LogP contribution in [0, 0.1) is 0 Å². The summed E-state index contributed by atoms with van der Waals surface area (Å²) in [6, 6.07) is 13.1. The van der Waals surface area contributed by atoms with Crippen LogP contribution < -0.4 is 14.4 Å². The van der Waals surface area contributed by atoms with Gasteiger partial charge in [-0.15, -0.1) is 0 Å². The number of nitrogens with zero attached hydrogens (tertiary/aromatic N) is 1. The second-order valence-corrected chi connectivity index (χ2v) is 7.74. The molecule has 1 aliphatic heterocycles. The second-order valence-electron chi connectivity index (χ2n) is 5.60. The SMILES string of the molecule is COc1ccc(N2C[C@H](CNS(=O)(=O)c3ccccc3Cl)OC2=O)cc1. The number of carbonyl (C=O) groups is 1. The molecule has 0 spiro atoms. The van der Waals surface area contributed by atoms with Crippen LogP contribution in [0.25, 0.3) is 0 Å². The van der Waals surface area contributed by atoms with E-state index in [1.807, 2.05) is 0 Å². The van der Waals surface area contributed by atoms with Crippen molar-refractivity contribution in [3.05, 3.63) is 53.6 Å². The molecule has 1 N–H and O–H groups in total. The lowest BCUT2D eigenvalue weighted by Crippen LogP contribution is -2.34. The maximum Gasteiger partial charge on any atom is 0.414 e. The van der Waals surface area contributed by atoms with Gasteiger partial charge in [-0.05, 0) is 36.4 Å². The van der Waals surface area contributed by atoms with Gasteiger partial charge in [-0.2, -0.15) is 0 Å². The minimum Gasteiger partial charge on any atom is -0.497 e. The number of ether oxygens (including phenoxy) is 2. The molecule has 1 heterocycles. The third kappa shape index (κ3) is 3.92. The number of benzene rings is 2. The lowest BCUT2D eigenvalue weighted by atomic mass is 10.2. The number of hydrogen-bond donors (Lipinski definition) is 1. The van der Waals surface area contributed by atoms with Crippen LogP contribution in [-0.2, 0) is 14.8 Å². The van der Waals surface area contributed by atoms with Gasteiger partial charge in [0.1, 0.15) is 16.7 Å². The van der Waals surface area contributed by atoms with Gasteiger partial charge in [-0.3, -0.25) is 4.90 Å². The van der Waals surface area contributed by atoms with E-state index in [1.165, 1.54) is 17.0 Å². The molecular formula is C17H17ClN2O5S. The predicted octanol–water partition coefficient (Wildman–Crippen LogP) is 2.65. The zero-order chi connectivity index (χ0) is 18.7. The van der Waals surface area contributed by atoms with Crippen molar-refractivity contribution < 1.29 is 22.7 Å². The van der Waals surface area contributed by atoms with E-state index in [0.29, 0.717) is 11.4 Å². The highest BCUT2D eigenvalue weighted by Crippen LogP contribution is 2.24. The number of anilines is 1. The van der Waals surface area contributed by atoms with Gasteiger partial charge in [0.15, 0.2) is 0 Å². The van der Waals surface area contributed by atoms with Gasteiger partial charge in [0.2, 0.25) is 10.0 Å². The van der Waals surface area contributed by atoms with E-state index < -0.39 is 22.2 Å². The van der Waals surface area contributed by atoms with Crippen molar-refractivity contribution in [3.8, 4) is 5.75 Å². The number of rotatable bonds is 6. The van der Waals surface area contributed by atoms with Crippen LogP contribution in [0.2, 0.25) is 5.02 Å². The summed E-state index contributed by atoms with van der Waals surface area (Å²) >= 11 is 5.93. The van der Waals surface area contributed by atoms with Crippen LogP contribution in [0.5, 0.6) is 5.75 Å². The predicted molar refractivity (Wildman–Crippen MR) is 97.2 cm³/mol. The molecule has 1 amide bonds. The van der Waals surface area contributed by atoms with Crippen molar-refractivity contribution in [1.82, 2.24) is 4.72 Å². The second kappa shape index (κ2) is 7.53. The molecule has 2 aromatic rings. The maximum absolute atomic E-state index is 12.3. The van der Waals surface area contributed by atoms with Gasteiger partial charge in [0.05, 0.1) is 18.7 Å². The number of cyclic esters (lactones) is 1.